The predicted molar refractivity (Wildman–Crippen MR) is 104 cm³/mol. The van der Waals surface area contributed by atoms with E-state index in [0.29, 0.717) is 11.6 Å². The third kappa shape index (κ3) is 3.56. The average molecular weight is 352 g/mol. The lowest BCUT2D eigenvalue weighted by Gasteiger charge is -2.40. The molecule has 0 saturated carbocycles. The number of piperidine rings is 1. The van der Waals surface area contributed by atoms with Crippen LogP contribution >= 0.6 is 0 Å². The summed E-state index contributed by atoms with van der Waals surface area (Å²) in [6.07, 6.45) is 4.43. The van der Waals surface area contributed by atoms with Gasteiger partial charge in [-0.05, 0) is 81.0 Å². The molecule has 0 spiro atoms. The maximum absolute atomic E-state index is 10.3. The number of phenols is 1. The fraction of sp³-hybridized carbons (Fsp3) is 0.476. The fourth-order valence-corrected chi connectivity index (χ4v) is 4.05. The second-order valence-corrected chi connectivity index (χ2v) is 7.25. The molecule has 0 radical (unpaired) electrons. The molecule has 2 heterocycles. The first-order valence-electron chi connectivity index (χ1n) is 9.40. The maximum atomic E-state index is 10.3. The summed E-state index contributed by atoms with van der Waals surface area (Å²) in [4.78, 5) is 2.36. The van der Waals surface area contributed by atoms with Crippen LogP contribution in [-0.2, 0) is 0 Å². The lowest BCUT2D eigenvalue weighted by Crippen LogP contribution is -2.49. The van der Waals surface area contributed by atoms with Crippen LogP contribution in [0, 0.1) is 11.3 Å². The van der Waals surface area contributed by atoms with Gasteiger partial charge in [0.05, 0.1) is 11.6 Å². The van der Waals surface area contributed by atoms with Gasteiger partial charge >= 0.3 is 0 Å². The highest BCUT2D eigenvalue weighted by atomic mass is 16.3. The van der Waals surface area contributed by atoms with Crippen LogP contribution in [0.4, 0.5) is 0 Å². The largest absolute Gasteiger partial charge is 0.507 e. The minimum absolute atomic E-state index is 0.143. The van der Waals surface area contributed by atoms with Crippen LogP contribution in [0.1, 0.15) is 50.7 Å². The van der Waals surface area contributed by atoms with E-state index in [4.69, 9.17) is 11.0 Å². The van der Waals surface area contributed by atoms with Crippen molar-refractivity contribution in [3.8, 4) is 11.8 Å². The van der Waals surface area contributed by atoms with E-state index in [1.807, 2.05) is 13.0 Å². The maximum Gasteiger partial charge on any atom is 0.124 e. The number of nitrogens with one attached hydrogen (secondary N) is 1. The van der Waals surface area contributed by atoms with E-state index < -0.39 is 0 Å². The van der Waals surface area contributed by atoms with E-state index in [0.717, 1.165) is 55.0 Å². The van der Waals surface area contributed by atoms with E-state index in [-0.39, 0.29) is 5.75 Å². The van der Waals surface area contributed by atoms with Crippen molar-refractivity contribution in [3.63, 3.8) is 0 Å². The second kappa shape index (κ2) is 7.84. The van der Waals surface area contributed by atoms with Crippen LogP contribution in [0.15, 0.2) is 35.2 Å². The molecule has 5 heteroatoms. The first kappa shape index (κ1) is 18.3. The van der Waals surface area contributed by atoms with Crippen LogP contribution in [0.2, 0.25) is 0 Å². The minimum atomic E-state index is 0.143. The highest BCUT2D eigenvalue weighted by Crippen LogP contribution is 2.35. The van der Waals surface area contributed by atoms with Gasteiger partial charge in [-0.2, -0.15) is 5.26 Å². The van der Waals surface area contributed by atoms with Gasteiger partial charge in [0, 0.05) is 24.7 Å². The average Bonchev–Trinajstić information content (AvgIpc) is 2.67. The number of allylic oxidation sites excluding steroid dienone is 3. The van der Waals surface area contributed by atoms with E-state index >= 15 is 0 Å². The van der Waals surface area contributed by atoms with Crippen LogP contribution < -0.4 is 11.1 Å². The quantitative estimate of drug-likeness (QED) is 0.778. The molecule has 26 heavy (non-hydrogen) atoms. The first-order valence-corrected chi connectivity index (χ1v) is 9.40. The molecule has 1 aromatic carbocycles. The van der Waals surface area contributed by atoms with Gasteiger partial charge in [-0.15, -0.1) is 0 Å². The summed E-state index contributed by atoms with van der Waals surface area (Å²) < 4.78 is 0. The zero-order chi connectivity index (χ0) is 18.7. The Balaban J connectivity index is 1.94. The molecule has 0 amide bonds. The Kier molecular flexibility index (Phi) is 5.53. The van der Waals surface area contributed by atoms with Crippen LogP contribution in [0.3, 0.4) is 0 Å². The van der Waals surface area contributed by atoms with Crippen molar-refractivity contribution in [2.75, 3.05) is 19.6 Å². The number of hydrogen-bond acceptors (Lipinski definition) is 5. The topological polar surface area (TPSA) is 85.3 Å². The number of aromatic hydroxyl groups is 1. The molecule has 0 bridgehead atoms. The minimum Gasteiger partial charge on any atom is -0.507 e. The molecule has 3 rings (SSSR count). The van der Waals surface area contributed by atoms with E-state index in [1.54, 1.807) is 6.07 Å². The molecule has 2 aliphatic heterocycles. The number of benzene rings is 1. The van der Waals surface area contributed by atoms with Crippen molar-refractivity contribution in [3.05, 3.63) is 46.3 Å². The zero-order valence-corrected chi connectivity index (χ0v) is 15.7. The Bertz CT molecular complexity index is 782. The summed E-state index contributed by atoms with van der Waals surface area (Å²) in [6.45, 7) is 7.19. The number of nitrogens with zero attached hydrogens (tertiary/aromatic N) is 2. The first-order chi connectivity index (χ1) is 12.5. The summed E-state index contributed by atoms with van der Waals surface area (Å²) in [5, 5.41) is 22.8. The zero-order valence-electron chi connectivity index (χ0n) is 15.7. The Morgan fingerprint density at radius 3 is 2.77 bits per heavy atom. The highest BCUT2D eigenvalue weighted by molar-refractivity contribution is 5.75. The van der Waals surface area contributed by atoms with Crippen molar-refractivity contribution in [2.24, 2.45) is 5.73 Å². The van der Waals surface area contributed by atoms with Crippen molar-refractivity contribution >= 4 is 5.57 Å². The Morgan fingerprint density at radius 1 is 1.31 bits per heavy atom. The molecular weight excluding hydrogens is 324 g/mol. The molecular formula is C21H28N4O. The molecule has 0 aromatic heterocycles. The SMILES string of the molecule is C/C(C1=C(N)N([C@@H]2CCCNC2)CCC1)=C(/C)c1ccc(C#N)cc1O. The van der Waals surface area contributed by atoms with E-state index in [9.17, 15) is 5.11 Å². The smallest absolute Gasteiger partial charge is 0.124 e. The van der Waals surface area contributed by atoms with E-state index in [2.05, 4.69) is 23.2 Å². The van der Waals surface area contributed by atoms with Crippen molar-refractivity contribution < 1.29 is 5.11 Å². The van der Waals surface area contributed by atoms with Gasteiger partial charge in [-0.3, -0.25) is 0 Å². The molecule has 2 aliphatic rings. The molecule has 1 saturated heterocycles. The Labute approximate surface area is 155 Å². The molecule has 4 N–H and O–H groups in total. The van der Waals surface area contributed by atoms with Gasteiger partial charge in [0.25, 0.3) is 0 Å². The standard InChI is InChI=1S/C21H28N4O/c1-14(18-8-7-16(12-22)11-20(18)26)15(2)19-6-4-10-25(21(19)23)17-5-3-9-24-13-17/h7-8,11,17,24,26H,3-6,9-10,13,23H2,1-2H3/b15-14+/t17-/m1/s1. The lowest BCUT2D eigenvalue weighted by molar-refractivity contribution is 0.195. The second-order valence-electron chi connectivity index (χ2n) is 7.25. The summed E-state index contributed by atoms with van der Waals surface area (Å²) >= 11 is 0. The highest BCUT2D eigenvalue weighted by Gasteiger charge is 2.27. The summed E-state index contributed by atoms with van der Waals surface area (Å²) in [5.74, 6) is 1.03. The fourth-order valence-electron chi connectivity index (χ4n) is 4.05. The van der Waals surface area contributed by atoms with Gasteiger partial charge in [-0.1, -0.05) is 0 Å². The van der Waals surface area contributed by atoms with Gasteiger partial charge in [0.2, 0.25) is 0 Å². The van der Waals surface area contributed by atoms with Gasteiger partial charge in [0.1, 0.15) is 11.6 Å². The lowest BCUT2D eigenvalue weighted by atomic mass is 9.90. The number of nitriles is 1. The number of nitrogens with two attached hydrogens (primary N) is 1. The van der Waals surface area contributed by atoms with Crippen molar-refractivity contribution in [2.45, 2.75) is 45.6 Å². The number of hydrogen-bond donors (Lipinski definition) is 3. The van der Waals surface area contributed by atoms with Gasteiger partial charge in [0.15, 0.2) is 0 Å². The van der Waals surface area contributed by atoms with Crippen LogP contribution in [0.5, 0.6) is 5.75 Å². The number of phenolic OH excluding ortho intramolecular Hbond substituents is 1. The summed E-state index contributed by atoms with van der Waals surface area (Å²) in [5.41, 5.74) is 11.1. The van der Waals surface area contributed by atoms with Gasteiger partial charge < -0.3 is 21.1 Å². The molecule has 0 unspecified atom stereocenters. The third-order valence-corrected chi connectivity index (χ3v) is 5.70. The van der Waals surface area contributed by atoms with Crippen molar-refractivity contribution in [1.29, 1.82) is 5.26 Å². The van der Waals surface area contributed by atoms with Crippen LogP contribution in [0.25, 0.3) is 5.57 Å². The van der Waals surface area contributed by atoms with Gasteiger partial charge in [-0.25, -0.2) is 0 Å². The normalized spacial score (nSPS) is 22.0. The monoisotopic (exact) mass is 352 g/mol. The molecule has 138 valence electrons. The predicted octanol–water partition coefficient (Wildman–Crippen LogP) is 3.08. The molecule has 1 aromatic rings. The third-order valence-electron chi connectivity index (χ3n) is 5.70. The Hall–Kier alpha value is -2.45. The van der Waals surface area contributed by atoms with Crippen LogP contribution in [-0.4, -0.2) is 35.7 Å². The summed E-state index contributed by atoms with van der Waals surface area (Å²) in [7, 11) is 0. The summed E-state index contributed by atoms with van der Waals surface area (Å²) in [6, 6.07) is 7.60. The molecule has 5 nitrogen and oxygen atoms in total. The van der Waals surface area contributed by atoms with E-state index in [1.165, 1.54) is 24.5 Å². The molecule has 0 aliphatic carbocycles. The molecule has 1 fully saturated rings. The molecule has 1 atom stereocenters. The Morgan fingerprint density at radius 2 is 2.12 bits per heavy atom. The number of rotatable bonds is 3. The van der Waals surface area contributed by atoms with Crippen molar-refractivity contribution in [1.82, 2.24) is 10.2 Å².